The van der Waals surface area contributed by atoms with Crippen molar-refractivity contribution >= 4 is 17.1 Å². The van der Waals surface area contributed by atoms with Crippen LogP contribution < -0.4 is 9.42 Å². The number of carbonyl (C=O) groups excluding carboxylic acids is 1. The van der Waals surface area contributed by atoms with Gasteiger partial charge in [-0.1, -0.05) is 16.0 Å². The molecular formula is C17H21N2O3S+. The van der Waals surface area contributed by atoms with Gasteiger partial charge in [-0.2, -0.15) is 0 Å². The van der Waals surface area contributed by atoms with Gasteiger partial charge in [0.1, 0.15) is 11.5 Å². The monoisotopic (exact) mass is 333 g/mol. The summed E-state index contributed by atoms with van der Waals surface area (Å²) in [6.45, 7) is 7.77. The summed E-state index contributed by atoms with van der Waals surface area (Å²) >= 11 is 1.45. The summed E-state index contributed by atoms with van der Waals surface area (Å²) in [6, 6.07) is 0. The lowest BCUT2D eigenvalue weighted by molar-refractivity contribution is -0.737. The van der Waals surface area contributed by atoms with Gasteiger partial charge in [0.15, 0.2) is 11.1 Å². The number of phenols is 1. The van der Waals surface area contributed by atoms with E-state index < -0.39 is 5.60 Å². The Balaban J connectivity index is 1.94. The number of ketones is 1. The molecule has 0 radical (unpaired) electrons. The Morgan fingerprint density at radius 1 is 1.39 bits per heavy atom. The van der Waals surface area contributed by atoms with Crippen LogP contribution in [0.15, 0.2) is 11.0 Å². The van der Waals surface area contributed by atoms with Gasteiger partial charge in [0, 0.05) is 10.7 Å². The molecule has 0 aliphatic carbocycles. The number of benzene rings is 1. The van der Waals surface area contributed by atoms with E-state index in [0.717, 1.165) is 34.4 Å². The summed E-state index contributed by atoms with van der Waals surface area (Å²) in [7, 11) is 0. The van der Waals surface area contributed by atoms with E-state index in [1.54, 1.807) is 10.2 Å². The smallest absolute Gasteiger partial charge is 0.253 e. The second-order valence-electron chi connectivity index (χ2n) is 6.35. The highest BCUT2D eigenvalue weighted by Crippen LogP contribution is 2.43. The third kappa shape index (κ3) is 2.61. The summed E-state index contributed by atoms with van der Waals surface area (Å²) in [5.41, 5.74) is 6.24. The molecule has 1 unspecified atom stereocenters. The van der Waals surface area contributed by atoms with Crippen molar-refractivity contribution in [1.82, 2.24) is 5.10 Å². The number of aromatic hydroxyl groups is 1. The van der Waals surface area contributed by atoms with E-state index in [2.05, 4.69) is 5.10 Å². The van der Waals surface area contributed by atoms with Crippen molar-refractivity contribution in [3.05, 3.63) is 33.3 Å². The van der Waals surface area contributed by atoms with E-state index in [4.69, 9.17) is 4.74 Å². The van der Waals surface area contributed by atoms with Crippen molar-refractivity contribution in [3.63, 3.8) is 0 Å². The number of aromatic nitrogens is 2. The predicted octanol–water partition coefficient (Wildman–Crippen LogP) is 2.41. The van der Waals surface area contributed by atoms with Crippen LogP contribution in [0.25, 0.3) is 0 Å². The minimum absolute atomic E-state index is 0.0156. The van der Waals surface area contributed by atoms with Crippen molar-refractivity contribution in [1.29, 1.82) is 0 Å². The number of ether oxygens (including phenoxy) is 1. The molecule has 122 valence electrons. The van der Waals surface area contributed by atoms with Crippen LogP contribution >= 0.6 is 11.3 Å². The summed E-state index contributed by atoms with van der Waals surface area (Å²) in [5, 5.41) is 14.3. The molecule has 1 aliphatic heterocycles. The van der Waals surface area contributed by atoms with Gasteiger partial charge in [0.2, 0.25) is 12.3 Å². The largest absolute Gasteiger partial charge is 0.507 e. The third-order valence-electron chi connectivity index (χ3n) is 4.85. The Morgan fingerprint density at radius 2 is 2.13 bits per heavy atom. The molecule has 0 fully saturated rings. The van der Waals surface area contributed by atoms with Crippen molar-refractivity contribution in [3.8, 4) is 11.5 Å². The van der Waals surface area contributed by atoms with Gasteiger partial charge >= 0.3 is 0 Å². The van der Waals surface area contributed by atoms with Crippen LogP contribution in [0, 0.1) is 20.8 Å². The molecule has 3 rings (SSSR count). The van der Waals surface area contributed by atoms with E-state index >= 15 is 0 Å². The fourth-order valence-corrected chi connectivity index (χ4v) is 3.55. The molecule has 1 aliphatic rings. The van der Waals surface area contributed by atoms with Gasteiger partial charge in [-0.15, -0.1) is 0 Å². The van der Waals surface area contributed by atoms with E-state index in [1.165, 1.54) is 11.3 Å². The van der Waals surface area contributed by atoms with E-state index in [9.17, 15) is 9.90 Å². The summed E-state index contributed by atoms with van der Waals surface area (Å²) in [6.07, 6.45) is 1.33. The topological polar surface area (TPSA) is 63.3 Å². The molecule has 0 spiro atoms. The SMILES string of the molecule is Cc1c(C)c2c(c(C)c1O)CCC(C)(C(=O)C[n+]1cscn1)O2. The zero-order valence-electron chi connectivity index (χ0n) is 13.8. The standard InChI is InChI=1S/C17H20N2O3S/c1-10-11(2)16-13(12(3)15(10)21)5-6-17(4,22-16)14(20)7-19-9-23-8-18-19/h8-9H,5-7H2,1-4H3/p+1. The average molecular weight is 333 g/mol. The van der Waals surface area contributed by atoms with E-state index in [1.807, 2.05) is 33.2 Å². The number of rotatable bonds is 3. The summed E-state index contributed by atoms with van der Waals surface area (Å²) < 4.78 is 7.82. The van der Waals surface area contributed by atoms with Crippen molar-refractivity contribution < 1.29 is 19.3 Å². The summed E-state index contributed by atoms with van der Waals surface area (Å²) in [5.74, 6) is 1.10. The minimum Gasteiger partial charge on any atom is -0.507 e. The first kappa shape index (κ1) is 15.9. The maximum absolute atomic E-state index is 12.7. The van der Waals surface area contributed by atoms with Gasteiger partial charge in [-0.3, -0.25) is 4.79 Å². The molecule has 2 heterocycles. The Morgan fingerprint density at radius 3 is 2.78 bits per heavy atom. The molecule has 0 bridgehead atoms. The molecule has 5 nitrogen and oxygen atoms in total. The van der Waals surface area contributed by atoms with E-state index in [-0.39, 0.29) is 12.3 Å². The molecule has 1 atom stereocenters. The molecule has 2 aromatic rings. The zero-order chi connectivity index (χ0) is 16.8. The normalized spacial score (nSPS) is 20.0. The molecule has 0 saturated heterocycles. The highest BCUT2D eigenvalue weighted by molar-refractivity contribution is 7.06. The number of carbonyl (C=O) groups is 1. The number of hydrogen-bond donors (Lipinski definition) is 1. The van der Waals surface area contributed by atoms with Gasteiger partial charge in [0.25, 0.3) is 5.51 Å². The Hall–Kier alpha value is -1.95. The number of nitrogens with zero attached hydrogens (tertiary/aromatic N) is 2. The van der Waals surface area contributed by atoms with Gasteiger partial charge in [0.05, 0.1) is 0 Å². The first-order valence-corrected chi connectivity index (χ1v) is 8.59. The number of fused-ring (bicyclic) bond motifs is 1. The summed E-state index contributed by atoms with van der Waals surface area (Å²) in [4.78, 5) is 12.7. The molecule has 0 saturated carbocycles. The van der Waals surface area contributed by atoms with Crippen LogP contribution in [0.5, 0.6) is 11.5 Å². The Labute approximate surface area is 139 Å². The third-order valence-corrected chi connectivity index (χ3v) is 5.44. The molecule has 1 N–H and O–H groups in total. The lowest BCUT2D eigenvalue weighted by Gasteiger charge is -2.35. The van der Waals surface area contributed by atoms with Gasteiger partial charge in [-0.05, 0) is 57.2 Å². The van der Waals surface area contributed by atoms with Crippen LogP contribution in [0.3, 0.4) is 0 Å². The Kier molecular flexibility index (Phi) is 3.88. The van der Waals surface area contributed by atoms with Gasteiger partial charge in [-0.25, -0.2) is 0 Å². The van der Waals surface area contributed by atoms with Crippen LogP contribution in [-0.2, 0) is 17.8 Å². The second-order valence-corrected chi connectivity index (χ2v) is 7.04. The molecule has 6 heteroatoms. The predicted molar refractivity (Wildman–Crippen MR) is 87.0 cm³/mol. The van der Waals surface area contributed by atoms with Crippen molar-refractivity contribution in [2.75, 3.05) is 0 Å². The van der Waals surface area contributed by atoms with Crippen LogP contribution in [0.4, 0.5) is 0 Å². The van der Waals surface area contributed by atoms with E-state index in [0.29, 0.717) is 12.2 Å². The maximum Gasteiger partial charge on any atom is 0.253 e. The second kappa shape index (κ2) is 5.60. The highest BCUT2D eigenvalue weighted by atomic mass is 32.1. The number of hydrogen-bond acceptors (Lipinski definition) is 5. The molecule has 0 amide bonds. The zero-order valence-corrected chi connectivity index (χ0v) is 14.7. The first-order chi connectivity index (χ1) is 10.8. The highest BCUT2D eigenvalue weighted by Gasteiger charge is 2.42. The molecular weight excluding hydrogens is 312 g/mol. The Bertz CT molecular complexity index is 771. The van der Waals surface area contributed by atoms with Crippen molar-refractivity contribution in [2.24, 2.45) is 0 Å². The van der Waals surface area contributed by atoms with Crippen molar-refractivity contribution in [2.45, 2.75) is 52.7 Å². The maximum atomic E-state index is 12.7. The van der Waals surface area contributed by atoms with Crippen LogP contribution in [0.1, 0.15) is 35.6 Å². The number of phenolic OH excluding ortho intramolecular Hbond substituents is 1. The molecule has 1 aromatic carbocycles. The first-order valence-electron chi connectivity index (χ1n) is 7.65. The molecule has 23 heavy (non-hydrogen) atoms. The lowest BCUT2D eigenvalue weighted by Crippen LogP contribution is -2.52. The average Bonchev–Trinajstić information content (AvgIpc) is 3.03. The lowest BCUT2D eigenvalue weighted by atomic mass is 9.85. The fourth-order valence-electron chi connectivity index (χ4n) is 3.05. The minimum atomic E-state index is -0.857. The molecule has 1 aromatic heterocycles. The number of Topliss-reactive ketones (excluding diaryl/α,β-unsaturated/α-hetero) is 1. The van der Waals surface area contributed by atoms with Crippen LogP contribution in [0.2, 0.25) is 0 Å². The quantitative estimate of drug-likeness (QED) is 0.876. The fraction of sp³-hybridized carbons (Fsp3) is 0.471. The van der Waals surface area contributed by atoms with Crippen LogP contribution in [-0.4, -0.2) is 21.6 Å². The van der Waals surface area contributed by atoms with Gasteiger partial charge < -0.3 is 9.84 Å².